The number of nitrogens with one attached hydrogen (secondary N) is 1. The molecule has 0 spiro atoms. The molecule has 0 aliphatic heterocycles. The molecule has 0 saturated heterocycles. The molecule has 3 atom stereocenters. The van der Waals surface area contributed by atoms with Gasteiger partial charge in [0.15, 0.2) is 0 Å². The summed E-state index contributed by atoms with van der Waals surface area (Å²) in [7, 11) is 0. The minimum Gasteiger partial charge on any atom is -0.481 e. The van der Waals surface area contributed by atoms with Gasteiger partial charge in [0, 0.05) is 6.20 Å². The SMILES string of the molecule is C[C@@H](NC(=O)C1CC=CCC1C(=O)O)c1ccccn1. The number of allylic oxidation sites excluding steroid dienone is 2. The summed E-state index contributed by atoms with van der Waals surface area (Å²) in [4.78, 5) is 27.6. The van der Waals surface area contributed by atoms with Gasteiger partial charge in [-0.3, -0.25) is 14.6 Å². The van der Waals surface area contributed by atoms with Gasteiger partial charge in [0.25, 0.3) is 0 Å². The van der Waals surface area contributed by atoms with E-state index in [-0.39, 0.29) is 11.9 Å². The van der Waals surface area contributed by atoms with Crippen LogP contribution in [0, 0.1) is 11.8 Å². The van der Waals surface area contributed by atoms with Crippen molar-refractivity contribution in [2.24, 2.45) is 11.8 Å². The molecule has 1 amide bonds. The highest BCUT2D eigenvalue weighted by Crippen LogP contribution is 2.26. The number of carbonyl (C=O) groups excluding carboxylic acids is 1. The maximum atomic E-state index is 12.3. The second kappa shape index (κ2) is 6.32. The molecule has 1 aromatic heterocycles. The van der Waals surface area contributed by atoms with E-state index in [1.165, 1.54) is 0 Å². The minimum absolute atomic E-state index is 0.222. The van der Waals surface area contributed by atoms with E-state index in [1.54, 1.807) is 6.20 Å². The Balaban J connectivity index is 2.04. The maximum Gasteiger partial charge on any atom is 0.307 e. The van der Waals surface area contributed by atoms with Crippen LogP contribution in [0.5, 0.6) is 0 Å². The fourth-order valence-corrected chi connectivity index (χ4v) is 2.40. The third-order valence-electron chi connectivity index (χ3n) is 3.58. The molecule has 0 fully saturated rings. The molecule has 5 heteroatoms. The lowest BCUT2D eigenvalue weighted by molar-refractivity contribution is -0.147. The normalized spacial score (nSPS) is 23.1. The topological polar surface area (TPSA) is 79.3 Å². The molecule has 1 aliphatic carbocycles. The predicted molar refractivity (Wildman–Crippen MR) is 73.8 cm³/mol. The lowest BCUT2D eigenvalue weighted by Crippen LogP contribution is -2.39. The van der Waals surface area contributed by atoms with Gasteiger partial charge in [-0.25, -0.2) is 0 Å². The van der Waals surface area contributed by atoms with E-state index in [2.05, 4.69) is 10.3 Å². The second-order valence-electron chi connectivity index (χ2n) is 4.98. The van der Waals surface area contributed by atoms with Crippen LogP contribution < -0.4 is 5.32 Å². The van der Waals surface area contributed by atoms with Crippen molar-refractivity contribution in [3.63, 3.8) is 0 Å². The Morgan fingerprint density at radius 2 is 2.00 bits per heavy atom. The molecule has 2 rings (SSSR count). The lowest BCUT2D eigenvalue weighted by Gasteiger charge is -2.25. The van der Waals surface area contributed by atoms with Gasteiger partial charge < -0.3 is 10.4 Å². The average molecular weight is 274 g/mol. The van der Waals surface area contributed by atoms with E-state index in [1.807, 2.05) is 37.3 Å². The van der Waals surface area contributed by atoms with Crippen molar-refractivity contribution in [3.05, 3.63) is 42.2 Å². The molecule has 0 bridgehead atoms. The number of carboxylic acid groups (broad SMARTS) is 1. The number of carboxylic acids is 1. The smallest absolute Gasteiger partial charge is 0.307 e. The van der Waals surface area contributed by atoms with E-state index >= 15 is 0 Å². The van der Waals surface area contributed by atoms with Gasteiger partial charge in [-0.1, -0.05) is 18.2 Å². The number of nitrogens with zero attached hydrogens (tertiary/aromatic N) is 1. The zero-order chi connectivity index (χ0) is 14.5. The molecule has 20 heavy (non-hydrogen) atoms. The van der Waals surface area contributed by atoms with E-state index in [0.717, 1.165) is 5.69 Å². The van der Waals surface area contributed by atoms with Crippen LogP contribution in [-0.2, 0) is 9.59 Å². The van der Waals surface area contributed by atoms with Crippen LogP contribution in [0.4, 0.5) is 0 Å². The standard InChI is InChI=1S/C15H18N2O3/c1-10(13-8-4-5-9-16-13)17-14(18)11-6-2-3-7-12(11)15(19)20/h2-5,8-12H,6-7H2,1H3,(H,17,18)(H,19,20)/t10-,11?,12?/m1/s1. The van der Waals surface area contributed by atoms with Gasteiger partial charge in [0.2, 0.25) is 5.91 Å². The Kier molecular flexibility index (Phi) is 4.50. The highest BCUT2D eigenvalue weighted by molar-refractivity contribution is 5.85. The second-order valence-corrected chi connectivity index (χ2v) is 4.98. The van der Waals surface area contributed by atoms with Crippen LogP contribution in [0.3, 0.4) is 0 Å². The third kappa shape index (κ3) is 3.23. The van der Waals surface area contributed by atoms with Crippen molar-refractivity contribution < 1.29 is 14.7 Å². The minimum atomic E-state index is -0.917. The number of aromatic nitrogens is 1. The van der Waals surface area contributed by atoms with Crippen molar-refractivity contribution in [1.82, 2.24) is 10.3 Å². The van der Waals surface area contributed by atoms with Gasteiger partial charge in [-0.15, -0.1) is 0 Å². The quantitative estimate of drug-likeness (QED) is 0.822. The number of rotatable bonds is 4. The van der Waals surface area contributed by atoms with E-state index in [0.29, 0.717) is 12.8 Å². The molecule has 0 aromatic carbocycles. The number of amides is 1. The number of hydrogen-bond donors (Lipinski definition) is 2. The summed E-state index contributed by atoms with van der Waals surface area (Å²) in [6, 6.07) is 5.27. The first kappa shape index (κ1) is 14.2. The van der Waals surface area contributed by atoms with Crippen molar-refractivity contribution in [1.29, 1.82) is 0 Å². The summed E-state index contributed by atoms with van der Waals surface area (Å²) in [5.41, 5.74) is 0.763. The highest BCUT2D eigenvalue weighted by Gasteiger charge is 2.34. The van der Waals surface area contributed by atoms with Gasteiger partial charge in [-0.05, 0) is 31.9 Å². The van der Waals surface area contributed by atoms with Gasteiger partial charge in [-0.2, -0.15) is 0 Å². The van der Waals surface area contributed by atoms with Crippen LogP contribution >= 0.6 is 0 Å². The first-order valence-electron chi connectivity index (χ1n) is 6.68. The molecule has 106 valence electrons. The van der Waals surface area contributed by atoms with Crippen molar-refractivity contribution in [2.75, 3.05) is 0 Å². The number of carbonyl (C=O) groups is 2. The zero-order valence-electron chi connectivity index (χ0n) is 11.3. The van der Waals surface area contributed by atoms with Crippen LogP contribution in [0.25, 0.3) is 0 Å². The fraction of sp³-hybridized carbons (Fsp3) is 0.400. The first-order chi connectivity index (χ1) is 9.59. The van der Waals surface area contributed by atoms with Crippen LogP contribution in [0.2, 0.25) is 0 Å². The number of aliphatic carboxylic acids is 1. The zero-order valence-corrected chi connectivity index (χ0v) is 11.3. The monoisotopic (exact) mass is 274 g/mol. The molecule has 2 unspecified atom stereocenters. The Labute approximate surface area is 117 Å². The van der Waals surface area contributed by atoms with E-state index in [4.69, 9.17) is 0 Å². The van der Waals surface area contributed by atoms with Crippen LogP contribution in [-0.4, -0.2) is 22.0 Å². The van der Waals surface area contributed by atoms with Gasteiger partial charge in [0.1, 0.15) is 0 Å². The molecule has 1 aromatic rings. The Morgan fingerprint density at radius 3 is 2.60 bits per heavy atom. The van der Waals surface area contributed by atoms with Crippen LogP contribution in [0.1, 0.15) is 31.5 Å². The largest absolute Gasteiger partial charge is 0.481 e. The van der Waals surface area contributed by atoms with Crippen molar-refractivity contribution in [2.45, 2.75) is 25.8 Å². The van der Waals surface area contributed by atoms with Crippen molar-refractivity contribution >= 4 is 11.9 Å². The molecule has 1 heterocycles. The van der Waals surface area contributed by atoms with E-state index in [9.17, 15) is 14.7 Å². The van der Waals surface area contributed by atoms with Crippen molar-refractivity contribution in [3.8, 4) is 0 Å². The summed E-state index contributed by atoms with van der Waals surface area (Å²) >= 11 is 0. The highest BCUT2D eigenvalue weighted by atomic mass is 16.4. The summed E-state index contributed by atoms with van der Waals surface area (Å²) < 4.78 is 0. The molecule has 1 aliphatic rings. The summed E-state index contributed by atoms with van der Waals surface area (Å²) in [6.45, 7) is 1.84. The Bertz CT molecular complexity index is 513. The van der Waals surface area contributed by atoms with Gasteiger partial charge >= 0.3 is 5.97 Å². The molecular weight excluding hydrogens is 256 g/mol. The number of hydrogen-bond acceptors (Lipinski definition) is 3. The molecule has 2 N–H and O–H groups in total. The molecule has 0 radical (unpaired) electrons. The third-order valence-corrected chi connectivity index (χ3v) is 3.58. The Morgan fingerprint density at radius 1 is 1.30 bits per heavy atom. The molecule has 5 nitrogen and oxygen atoms in total. The predicted octanol–water partition coefficient (Wildman–Crippen LogP) is 1.93. The molecule has 0 saturated carbocycles. The Hall–Kier alpha value is -2.17. The number of pyridine rings is 1. The van der Waals surface area contributed by atoms with Crippen LogP contribution in [0.15, 0.2) is 36.5 Å². The summed E-state index contributed by atoms with van der Waals surface area (Å²) in [6.07, 6.45) is 6.24. The molecular formula is C15H18N2O3. The fourth-order valence-electron chi connectivity index (χ4n) is 2.40. The van der Waals surface area contributed by atoms with Gasteiger partial charge in [0.05, 0.1) is 23.6 Å². The summed E-state index contributed by atoms with van der Waals surface area (Å²) in [5.74, 6) is -2.29. The maximum absolute atomic E-state index is 12.3. The van der Waals surface area contributed by atoms with E-state index < -0.39 is 17.8 Å². The first-order valence-corrected chi connectivity index (χ1v) is 6.68. The lowest BCUT2D eigenvalue weighted by atomic mass is 9.82. The summed E-state index contributed by atoms with van der Waals surface area (Å²) in [5, 5.41) is 12.0. The average Bonchev–Trinajstić information content (AvgIpc) is 2.48.